The Bertz CT molecular complexity index is 617. The van der Waals surface area contributed by atoms with E-state index in [1.807, 2.05) is 39.0 Å². The van der Waals surface area contributed by atoms with E-state index in [0.717, 1.165) is 22.0 Å². The van der Waals surface area contributed by atoms with Gasteiger partial charge in [-0.15, -0.1) is 11.3 Å². The van der Waals surface area contributed by atoms with Crippen LogP contribution >= 0.6 is 22.9 Å². The first-order valence-electron chi connectivity index (χ1n) is 6.45. The second-order valence-electron chi connectivity index (χ2n) is 4.71. The number of hydrogen-bond acceptors (Lipinski definition) is 3. The number of carbonyl (C=O) groups excluding carboxylic acids is 1. The molecule has 1 aromatic heterocycles. The number of anilines is 1. The van der Waals surface area contributed by atoms with Crippen LogP contribution in [0.15, 0.2) is 18.2 Å². The van der Waals surface area contributed by atoms with Crippen LogP contribution in [0.3, 0.4) is 0 Å². The fourth-order valence-corrected chi connectivity index (χ4v) is 2.93. The van der Waals surface area contributed by atoms with Gasteiger partial charge in [0, 0.05) is 28.4 Å². The number of rotatable bonds is 4. The molecule has 20 heavy (non-hydrogen) atoms. The smallest absolute Gasteiger partial charge is 0.224 e. The minimum Gasteiger partial charge on any atom is -0.326 e. The van der Waals surface area contributed by atoms with Gasteiger partial charge >= 0.3 is 0 Å². The summed E-state index contributed by atoms with van der Waals surface area (Å²) in [7, 11) is 0. The van der Waals surface area contributed by atoms with E-state index in [9.17, 15) is 4.79 Å². The average Bonchev–Trinajstić information content (AvgIpc) is 2.72. The van der Waals surface area contributed by atoms with Crippen LogP contribution in [0.25, 0.3) is 0 Å². The summed E-state index contributed by atoms with van der Waals surface area (Å²) in [5.41, 5.74) is 2.72. The van der Waals surface area contributed by atoms with E-state index >= 15 is 0 Å². The number of amides is 1. The first-order chi connectivity index (χ1) is 9.47. The Hall–Kier alpha value is -1.39. The SMILES string of the molecule is Cc1nc(CCC(=O)Nc2cccc(Cl)c2C)sc1C. The molecular formula is C15H17ClN2OS. The maximum Gasteiger partial charge on any atom is 0.224 e. The fourth-order valence-electron chi connectivity index (χ4n) is 1.82. The molecule has 0 radical (unpaired) electrons. The third-order valence-electron chi connectivity index (χ3n) is 3.18. The molecule has 5 heteroatoms. The van der Waals surface area contributed by atoms with Crippen molar-refractivity contribution in [2.75, 3.05) is 5.32 Å². The summed E-state index contributed by atoms with van der Waals surface area (Å²) in [6, 6.07) is 5.50. The van der Waals surface area contributed by atoms with Gasteiger partial charge in [-0.05, 0) is 38.5 Å². The molecule has 0 fully saturated rings. The van der Waals surface area contributed by atoms with Crippen LogP contribution in [0.2, 0.25) is 5.02 Å². The van der Waals surface area contributed by atoms with Crippen LogP contribution in [0.1, 0.15) is 27.6 Å². The van der Waals surface area contributed by atoms with Crippen LogP contribution in [0.5, 0.6) is 0 Å². The molecule has 0 saturated heterocycles. The monoisotopic (exact) mass is 308 g/mol. The standard InChI is InChI=1S/C15H17ClN2OS/c1-9-12(16)5-4-6-13(9)18-14(19)7-8-15-17-10(2)11(3)20-15/h4-6H,7-8H2,1-3H3,(H,18,19). The molecular weight excluding hydrogens is 292 g/mol. The number of halogens is 1. The Labute approximate surface area is 128 Å². The highest BCUT2D eigenvalue weighted by molar-refractivity contribution is 7.11. The van der Waals surface area contributed by atoms with Gasteiger partial charge in [0.25, 0.3) is 0 Å². The zero-order valence-corrected chi connectivity index (χ0v) is 13.4. The minimum atomic E-state index is -0.0131. The molecule has 1 amide bonds. The van der Waals surface area contributed by atoms with Crippen LogP contribution in [-0.2, 0) is 11.2 Å². The summed E-state index contributed by atoms with van der Waals surface area (Å²) >= 11 is 7.69. The van der Waals surface area contributed by atoms with Gasteiger partial charge in [0.2, 0.25) is 5.91 Å². The molecule has 1 heterocycles. The number of aryl methyl sites for hydroxylation is 3. The summed E-state index contributed by atoms with van der Waals surface area (Å²) in [5.74, 6) is -0.0131. The molecule has 0 aliphatic rings. The Morgan fingerprint density at radius 1 is 1.35 bits per heavy atom. The third kappa shape index (κ3) is 3.58. The largest absolute Gasteiger partial charge is 0.326 e. The Balaban J connectivity index is 1.94. The van der Waals surface area contributed by atoms with Gasteiger partial charge in [0.05, 0.1) is 10.7 Å². The van der Waals surface area contributed by atoms with Crippen LogP contribution < -0.4 is 5.32 Å². The van der Waals surface area contributed by atoms with Crippen molar-refractivity contribution in [2.45, 2.75) is 33.6 Å². The van der Waals surface area contributed by atoms with E-state index in [-0.39, 0.29) is 5.91 Å². The molecule has 0 aliphatic carbocycles. The van der Waals surface area contributed by atoms with Crippen molar-refractivity contribution < 1.29 is 4.79 Å². The van der Waals surface area contributed by atoms with Gasteiger partial charge in [-0.2, -0.15) is 0 Å². The van der Waals surface area contributed by atoms with Gasteiger partial charge in [0.15, 0.2) is 0 Å². The molecule has 0 aliphatic heterocycles. The molecule has 0 spiro atoms. The predicted molar refractivity (Wildman–Crippen MR) is 84.7 cm³/mol. The highest BCUT2D eigenvalue weighted by atomic mass is 35.5. The maximum atomic E-state index is 12.0. The number of aromatic nitrogens is 1. The van der Waals surface area contributed by atoms with Crippen LogP contribution in [0.4, 0.5) is 5.69 Å². The molecule has 3 nitrogen and oxygen atoms in total. The summed E-state index contributed by atoms with van der Waals surface area (Å²) in [6.45, 7) is 5.93. The number of thiazole rings is 1. The van der Waals surface area contributed by atoms with E-state index in [0.29, 0.717) is 17.9 Å². The van der Waals surface area contributed by atoms with E-state index in [1.54, 1.807) is 11.3 Å². The van der Waals surface area contributed by atoms with Gasteiger partial charge in [-0.25, -0.2) is 4.98 Å². The summed E-state index contributed by atoms with van der Waals surface area (Å²) < 4.78 is 0. The molecule has 0 bridgehead atoms. The summed E-state index contributed by atoms with van der Waals surface area (Å²) in [6.07, 6.45) is 1.10. The van der Waals surface area contributed by atoms with Crippen molar-refractivity contribution in [3.63, 3.8) is 0 Å². The summed E-state index contributed by atoms with van der Waals surface area (Å²) in [5, 5.41) is 4.57. The molecule has 0 saturated carbocycles. The Kier molecular flexibility index (Phi) is 4.78. The van der Waals surface area contributed by atoms with Crippen LogP contribution in [-0.4, -0.2) is 10.9 Å². The van der Waals surface area contributed by atoms with E-state index in [2.05, 4.69) is 10.3 Å². The minimum absolute atomic E-state index is 0.0131. The lowest BCUT2D eigenvalue weighted by molar-refractivity contribution is -0.116. The van der Waals surface area contributed by atoms with Crippen molar-refractivity contribution in [3.8, 4) is 0 Å². The number of carbonyl (C=O) groups is 1. The summed E-state index contributed by atoms with van der Waals surface area (Å²) in [4.78, 5) is 17.6. The number of nitrogens with zero attached hydrogens (tertiary/aromatic N) is 1. The zero-order chi connectivity index (χ0) is 14.7. The Morgan fingerprint density at radius 3 is 2.75 bits per heavy atom. The van der Waals surface area contributed by atoms with Gasteiger partial charge in [0.1, 0.15) is 0 Å². The van der Waals surface area contributed by atoms with Gasteiger partial charge in [-0.1, -0.05) is 17.7 Å². The number of nitrogens with one attached hydrogen (secondary N) is 1. The van der Waals surface area contributed by atoms with Gasteiger partial charge in [-0.3, -0.25) is 4.79 Å². The lowest BCUT2D eigenvalue weighted by Gasteiger charge is -2.08. The van der Waals surface area contributed by atoms with Crippen LogP contribution in [0, 0.1) is 20.8 Å². The van der Waals surface area contributed by atoms with Crippen molar-refractivity contribution in [1.29, 1.82) is 0 Å². The van der Waals surface area contributed by atoms with Gasteiger partial charge < -0.3 is 5.32 Å². The topological polar surface area (TPSA) is 42.0 Å². The number of benzene rings is 1. The number of hydrogen-bond donors (Lipinski definition) is 1. The molecule has 2 rings (SSSR count). The van der Waals surface area contributed by atoms with Crippen molar-refractivity contribution >= 4 is 34.5 Å². The van der Waals surface area contributed by atoms with E-state index in [4.69, 9.17) is 11.6 Å². The molecule has 1 aromatic carbocycles. The van der Waals surface area contributed by atoms with Crippen molar-refractivity contribution in [2.24, 2.45) is 0 Å². The highest BCUT2D eigenvalue weighted by Gasteiger charge is 2.09. The first kappa shape index (κ1) is 15.0. The lowest BCUT2D eigenvalue weighted by atomic mass is 10.2. The van der Waals surface area contributed by atoms with E-state index < -0.39 is 0 Å². The quantitative estimate of drug-likeness (QED) is 0.915. The first-order valence-corrected chi connectivity index (χ1v) is 7.64. The predicted octanol–water partition coefficient (Wildman–Crippen LogP) is 4.29. The van der Waals surface area contributed by atoms with Crippen molar-refractivity contribution in [1.82, 2.24) is 4.98 Å². The molecule has 1 N–H and O–H groups in total. The molecule has 2 aromatic rings. The second-order valence-corrected chi connectivity index (χ2v) is 6.40. The fraction of sp³-hybridized carbons (Fsp3) is 0.333. The lowest BCUT2D eigenvalue weighted by Crippen LogP contribution is -2.13. The second kappa shape index (κ2) is 6.37. The zero-order valence-electron chi connectivity index (χ0n) is 11.8. The average molecular weight is 309 g/mol. The normalized spacial score (nSPS) is 10.6. The Morgan fingerprint density at radius 2 is 2.10 bits per heavy atom. The highest BCUT2D eigenvalue weighted by Crippen LogP contribution is 2.23. The molecule has 106 valence electrons. The maximum absolute atomic E-state index is 12.0. The third-order valence-corrected chi connectivity index (χ3v) is 4.72. The molecule has 0 atom stereocenters. The molecule has 0 unspecified atom stereocenters. The van der Waals surface area contributed by atoms with Crippen molar-refractivity contribution in [3.05, 3.63) is 44.4 Å². The van der Waals surface area contributed by atoms with E-state index in [1.165, 1.54) is 4.88 Å².